The number of hydrogen-bond acceptors (Lipinski definition) is 4. The van der Waals surface area contributed by atoms with Gasteiger partial charge in [0.1, 0.15) is 0 Å². The maximum absolute atomic E-state index is 5.95. The first-order valence-electron chi connectivity index (χ1n) is 10.0. The van der Waals surface area contributed by atoms with Gasteiger partial charge in [-0.25, -0.2) is 0 Å². The molecular weight excluding hydrogens is 316 g/mol. The van der Waals surface area contributed by atoms with E-state index >= 15 is 0 Å². The summed E-state index contributed by atoms with van der Waals surface area (Å²) in [6.07, 6.45) is 6.26. The van der Waals surface area contributed by atoms with Gasteiger partial charge in [-0.3, -0.25) is 4.99 Å². The Labute approximate surface area is 153 Å². The topological polar surface area (TPSA) is 49.3 Å². The summed E-state index contributed by atoms with van der Waals surface area (Å²) in [4.78, 5) is 9.44. The van der Waals surface area contributed by atoms with E-state index in [4.69, 9.17) is 9.47 Å². The molecule has 1 unspecified atom stereocenters. The van der Waals surface area contributed by atoms with Crippen molar-refractivity contribution in [1.29, 1.82) is 0 Å². The number of guanidine groups is 1. The maximum Gasteiger partial charge on any atom is 0.193 e. The molecule has 2 rings (SSSR count). The zero-order valence-electron chi connectivity index (χ0n) is 16.5. The molecule has 25 heavy (non-hydrogen) atoms. The Morgan fingerprint density at radius 1 is 1.16 bits per heavy atom. The second-order valence-electron chi connectivity index (χ2n) is 7.44. The van der Waals surface area contributed by atoms with E-state index in [1.54, 1.807) is 7.11 Å². The lowest BCUT2D eigenvalue weighted by Gasteiger charge is -2.34. The highest BCUT2D eigenvalue weighted by Gasteiger charge is 2.22. The highest BCUT2D eigenvalue weighted by Crippen LogP contribution is 2.14. The van der Waals surface area contributed by atoms with Gasteiger partial charge in [0.25, 0.3) is 0 Å². The van der Waals surface area contributed by atoms with Crippen LogP contribution in [-0.4, -0.2) is 88.5 Å². The summed E-state index contributed by atoms with van der Waals surface area (Å²) >= 11 is 0. The third-order valence-corrected chi connectivity index (χ3v) is 5.18. The average molecular weight is 355 g/mol. The molecule has 146 valence electrons. The van der Waals surface area contributed by atoms with Gasteiger partial charge in [-0.15, -0.1) is 0 Å². The van der Waals surface area contributed by atoms with E-state index in [0.717, 1.165) is 58.1 Å². The Bertz CT molecular complexity index is 378. The zero-order chi connectivity index (χ0) is 17.9. The third-order valence-electron chi connectivity index (χ3n) is 5.18. The van der Waals surface area contributed by atoms with E-state index in [2.05, 4.69) is 27.0 Å². The highest BCUT2D eigenvalue weighted by atomic mass is 16.5. The summed E-state index contributed by atoms with van der Waals surface area (Å²) in [5.74, 6) is 1.70. The Morgan fingerprint density at radius 2 is 1.88 bits per heavy atom. The van der Waals surface area contributed by atoms with E-state index in [-0.39, 0.29) is 0 Å². The first-order chi connectivity index (χ1) is 12.2. The molecule has 2 aliphatic heterocycles. The SMILES string of the molecule is CN=C(NCC(C)CN1CCCC1)N1CCC(OCCCOC)CC1. The van der Waals surface area contributed by atoms with Crippen molar-refractivity contribution < 1.29 is 9.47 Å². The van der Waals surface area contributed by atoms with Gasteiger partial charge in [0.15, 0.2) is 5.96 Å². The van der Waals surface area contributed by atoms with E-state index in [1.807, 2.05) is 7.05 Å². The van der Waals surface area contributed by atoms with Crippen LogP contribution in [0.1, 0.15) is 39.0 Å². The maximum atomic E-state index is 5.95. The second-order valence-corrected chi connectivity index (χ2v) is 7.44. The number of nitrogens with one attached hydrogen (secondary N) is 1. The van der Waals surface area contributed by atoms with Crippen molar-refractivity contribution >= 4 is 5.96 Å². The van der Waals surface area contributed by atoms with E-state index < -0.39 is 0 Å². The molecule has 0 aromatic heterocycles. The van der Waals surface area contributed by atoms with E-state index in [9.17, 15) is 0 Å². The molecule has 0 amide bonds. The predicted octanol–water partition coefficient (Wildman–Crippen LogP) is 1.81. The fraction of sp³-hybridized carbons (Fsp3) is 0.947. The Kier molecular flexibility index (Phi) is 9.58. The molecule has 2 saturated heterocycles. The molecule has 0 saturated carbocycles. The number of ether oxygens (including phenoxy) is 2. The van der Waals surface area contributed by atoms with Crippen LogP contribution in [0.2, 0.25) is 0 Å². The predicted molar refractivity (Wildman–Crippen MR) is 103 cm³/mol. The standard InChI is InChI=1S/C19H38N4O2/c1-17(16-22-9-4-5-10-22)15-21-19(20-2)23-11-7-18(8-12-23)25-14-6-13-24-3/h17-18H,4-16H2,1-3H3,(H,20,21). The summed E-state index contributed by atoms with van der Waals surface area (Å²) in [6, 6.07) is 0. The fourth-order valence-corrected chi connectivity index (χ4v) is 3.76. The Hall–Kier alpha value is -0.850. The van der Waals surface area contributed by atoms with Crippen LogP contribution in [0.15, 0.2) is 4.99 Å². The molecular formula is C19H38N4O2. The number of methoxy groups -OCH3 is 1. The largest absolute Gasteiger partial charge is 0.385 e. The molecule has 1 atom stereocenters. The first kappa shape index (κ1) is 20.5. The summed E-state index contributed by atoms with van der Waals surface area (Å²) in [6.45, 7) is 10.7. The first-order valence-corrected chi connectivity index (χ1v) is 10.0. The Morgan fingerprint density at radius 3 is 2.52 bits per heavy atom. The fourth-order valence-electron chi connectivity index (χ4n) is 3.76. The minimum Gasteiger partial charge on any atom is -0.385 e. The van der Waals surface area contributed by atoms with Crippen molar-refractivity contribution in [2.24, 2.45) is 10.9 Å². The summed E-state index contributed by atoms with van der Waals surface area (Å²) in [5, 5.41) is 3.58. The lowest BCUT2D eigenvalue weighted by atomic mass is 10.1. The molecule has 0 spiro atoms. The minimum atomic E-state index is 0.389. The molecule has 6 nitrogen and oxygen atoms in total. The molecule has 0 aliphatic carbocycles. The van der Waals surface area contributed by atoms with Crippen LogP contribution in [0.25, 0.3) is 0 Å². The average Bonchev–Trinajstić information content (AvgIpc) is 3.13. The lowest BCUT2D eigenvalue weighted by molar-refractivity contribution is 0.00988. The van der Waals surface area contributed by atoms with Crippen LogP contribution in [0.3, 0.4) is 0 Å². The van der Waals surface area contributed by atoms with Crippen molar-refractivity contribution in [1.82, 2.24) is 15.1 Å². The van der Waals surface area contributed by atoms with Gasteiger partial charge in [-0.2, -0.15) is 0 Å². The number of rotatable bonds is 9. The molecule has 0 aromatic rings. The summed E-state index contributed by atoms with van der Waals surface area (Å²) in [7, 11) is 3.63. The Balaban J connectivity index is 1.62. The monoisotopic (exact) mass is 354 g/mol. The number of aliphatic imine (C=N–C) groups is 1. The summed E-state index contributed by atoms with van der Waals surface area (Å²) in [5.41, 5.74) is 0. The van der Waals surface area contributed by atoms with Crippen LogP contribution in [0, 0.1) is 5.92 Å². The van der Waals surface area contributed by atoms with Crippen LogP contribution >= 0.6 is 0 Å². The van der Waals surface area contributed by atoms with Gasteiger partial charge < -0.3 is 24.6 Å². The number of likely N-dealkylation sites (tertiary alicyclic amines) is 2. The molecule has 0 radical (unpaired) electrons. The number of hydrogen-bond donors (Lipinski definition) is 1. The van der Waals surface area contributed by atoms with E-state index in [1.165, 1.54) is 32.5 Å². The minimum absolute atomic E-state index is 0.389. The molecule has 2 aliphatic rings. The van der Waals surface area contributed by atoms with Gasteiger partial charge in [-0.05, 0) is 51.1 Å². The molecule has 0 bridgehead atoms. The summed E-state index contributed by atoms with van der Waals surface area (Å²) < 4.78 is 11.0. The van der Waals surface area contributed by atoms with E-state index in [0.29, 0.717) is 12.0 Å². The van der Waals surface area contributed by atoms with Crippen LogP contribution < -0.4 is 5.32 Å². The van der Waals surface area contributed by atoms with Crippen molar-refractivity contribution in [2.45, 2.75) is 45.1 Å². The lowest BCUT2D eigenvalue weighted by Crippen LogP contribution is -2.48. The van der Waals surface area contributed by atoms with Gasteiger partial charge in [0, 0.05) is 53.6 Å². The molecule has 1 N–H and O–H groups in total. The van der Waals surface area contributed by atoms with Crippen LogP contribution in [0.5, 0.6) is 0 Å². The zero-order valence-corrected chi connectivity index (χ0v) is 16.5. The quantitative estimate of drug-likeness (QED) is 0.389. The van der Waals surface area contributed by atoms with Crippen molar-refractivity contribution in [2.75, 3.05) is 66.6 Å². The van der Waals surface area contributed by atoms with Gasteiger partial charge in [0.2, 0.25) is 0 Å². The molecule has 2 heterocycles. The number of piperidine rings is 1. The van der Waals surface area contributed by atoms with Crippen LogP contribution in [0.4, 0.5) is 0 Å². The molecule has 0 aromatic carbocycles. The van der Waals surface area contributed by atoms with Crippen molar-refractivity contribution in [3.8, 4) is 0 Å². The van der Waals surface area contributed by atoms with Gasteiger partial charge >= 0.3 is 0 Å². The third kappa shape index (κ3) is 7.50. The molecule has 6 heteroatoms. The van der Waals surface area contributed by atoms with Crippen molar-refractivity contribution in [3.05, 3.63) is 0 Å². The normalized spacial score (nSPS) is 21.7. The number of nitrogens with zero attached hydrogens (tertiary/aromatic N) is 3. The van der Waals surface area contributed by atoms with Gasteiger partial charge in [-0.1, -0.05) is 6.92 Å². The van der Waals surface area contributed by atoms with Crippen LogP contribution in [-0.2, 0) is 9.47 Å². The smallest absolute Gasteiger partial charge is 0.193 e. The highest BCUT2D eigenvalue weighted by molar-refractivity contribution is 5.79. The second kappa shape index (κ2) is 11.7. The van der Waals surface area contributed by atoms with Gasteiger partial charge in [0.05, 0.1) is 6.10 Å². The van der Waals surface area contributed by atoms with Crippen molar-refractivity contribution in [3.63, 3.8) is 0 Å². The molecule has 2 fully saturated rings.